The maximum absolute atomic E-state index is 12.9. The van der Waals surface area contributed by atoms with E-state index >= 15 is 0 Å². The standard InChI is InChI=1S/C17H23NO/c1-2-15-9-6-12-18(15)17(19)16(14-10-11-14)13-7-4-3-5-8-13/h3-5,7-8,14-16H,2,6,9-12H2,1H3. The highest BCUT2D eigenvalue weighted by Gasteiger charge is 2.41. The van der Waals surface area contributed by atoms with Crippen LogP contribution in [0.4, 0.5) is 0 Å². The fraction of sp³-hybridized carbons (Fsp3) is 0.588. The number of carbonyl (C=O) groups excluding carboxylic acids is 1. The minimum Gasteiger partial charge on any atom is -0.339 e. The Kier molecular flexibility index (Phi) is 3.58. The lowest BCUT2D eigenvalue weighted by Gasteiger charge is -2.28. The maximum Gasteiger partial charge on any atom is 0.230 e. The summed E-state index contributed by atoms with van der Waals surface area (Å²) in [5.74, 6) is 1.10. The molecule has 1 saturated heterocycles. The van der Waals surface area contributed by atoms with Crippen LogP contribution in [0.25, 0.3) is 0 Å². The van der Waals surface area contributed by atoms with Crippen molar-refractivity contribution in [1.82, 2.24) is 4.90 Å². The number of carbonyl (C=O) groups is 1. The molecule has 102 valence electrons. The molecule has 1 aliphatic carbocycles. The third-order valence-electron chi connectivity index (χ3n) is 4.65. The van der Waals surface area contributed by atoms with Crippen LogP contribution < -0.4 is 0 Å². The Bertz CT molecular complexity index is 438. The second kappa shape index (κ2) is 5.36. The van der Waals surface area contributed by atoms with Crippen LogP contribution >= 0.6 is 0 Å². The maximum atomic E-state index is 12.9. The molecule has 1 amide bonds. The normalized spacial score (nSPS) is 24.5. The Morgan fingerprint density at radius 1 is 1.26 bits per heavy atom. The van der Waals surface area contributed by atoms with Gasteiger partial charge in [0.2, 0.25) is 5.91 Å². The molecule has 1 aromatic carbocycles. The second-order valence-corrected chi connectivity index (χ2v) is 5.96. The Hall–Kier alpha value is -1.31. The molecule has 3 rings (SSSR count). The lowest BCUT2D eigenvalue weighted by molar-refractivity contribution is -0.134. The predicted molar refractivity (Wildman–Crippen MR) is 76.9 cm³/mol. The van der Waals surface area contributed by atoms with Gasteiger partial charge in [0.15, 0.2) is 0 Å². The van der Waals surface area contributed by atoms with Gasteiger partial charge in [0.25, 0.3) is 0 Å². The number of likely N-dealkylation sites (tertiary alicyclic amines) is 1. The molecule has 2 nitrogen and oxygen atoms in total. The van der Waals surface area contributed by atoms with Crippen LogP contribution in [0.2, 0.25) is 0 Å². The Labute approximate surface area is 115 Å². The van der Waals surface area contributed by atoms with E-state index in [4.69, 9.17) is 0 Å². The van der Waals surface area contributed by atoms with Crippen LogP contribution in [0.5, 0.6) is 0 Å². The quantitative estimate of drug-likeness (QED) is 0.807. The summed E-state index contributed by atoms with van der Waals surface area (Å²) in [5.41, 5.74) is 1.22. The molecule has 1 saturated carbocycles. The van der Waals surface area contributed by atoms with Crippen LogP contribution in [-0.2, 0) is 4.79 Å². The zero-order valence-corrected chi connectivity index (χ0v) is 11.7. The Morgan fingerprint density at radius 2 is 2.00 bits per heavy atom. The van der Waals surface area contributed by atoms with Crippen molar-refractivity contribution in [2.24, 2.45) is 5.92 Å². The van der Waals surface area contributed by atoms with Crippen LogP contribution in [0, 0.1) is 5.92 Å². The number of nitrogens with zero attached hydrogens (tertiary/aromatic N) is 1. The van der Waals surface area contributed by atoms with Crippen molar-refractivity contribution in [1.29, 1.82) is 0 Å². The summed E-state index contributed by atoms with van der Waals surface area (Å²) >= 11 is 0. The number of amides is 1. The molecule has 1 aliphatic heterocycles. The van der Waals surface area contributed by atoms with Crippen LogP contribution in [0.3, 0.4) is 0 Å². The summed E-state index contributed by atoms with van der Waals surface area (Å²) < 4.78 is 0. The first kappa shape index (κ1) is 12.7. The lowest BCUT2D eigenvalue weighted by Crippen LogP contribution is -2.39. The summed E-state index contributed by atoms with van der Waals surface area (Å²) in [5, 5.41) is 0. The second-order valence-electron chi connectivity index (χ2n) is 5.96. The smallest absolute Gasteiger partial charge is 0.230 e. The van der Waals surface area contributed by atoms with Gasteiger partial charge >= 0.3 is 0 Å². The van der Waals surface area contributed by atoms with Crippen molar-refractivity contribution >= 4 is 5.91 Å². The zero-order valence-electron chi connectivity index (χ0n) is 11.7. The monoisotopic (exact) mass is 257 g/mol. The van der Waals surface area contributed by atoms with Crippen molar-refractivity contribution in [2.75, 3.05) is 6.54 Å². The fourth-order valence-corrected chi connectivity index (χ4v) is 3.44. The number of hydrogen-bond acceptors (Lipinski definition) is 1. The molecule has 0 aromatic heterocycles. The topological polar surface area (TPSA) is 20.3 Å². The van der Waals surface area contributed by atoms with Crippen LogP contribution in [0.15, 0.2) is 30.3 Å². The predicted octanol–water partition coefficient (Wildman–Crippen LogP) is 3.58. The first-order chi connectivity index (χ1) is 9.31. The summed E-state index contributed by atoms with van der Waals surface area (Å²) in [6, 6.07) is 10.9. The number of hydrogen-bond donors (Lipinski definition) is 0. The molecule has 1 aromatic rings. The highest BCUT2D eigenvalue weighted by Crippen LogP contribution is 2.44. The summed E-state index contributed by atoms with van der Waals surface area (Å²) in [7, 11) is 0. The van der Waals surface area contributed by atoms with E-state index < -0.39 is 0 Å². The molecular formula is C17H23NO. The average molecular weight is 257 g/mol. The largest absolute Gasteiger partial charge is 0.339 e. The SMILES string of the molecule is CCC1CCCN1C(=O)C(c1ccccc1)C1CC1. The first-order valence-corrected chi connectivity index (χ1v) is 7.66. The van der Waals surface area contributed by atoms with Gasteiger partial charge in [-0.25, -0.2) is 0 Å². The van der Waals surface area contributed by atoms with E-state index in [0.717, 1.165) is 13.0 Å². The van der Waals surface area contributed by atoms with Gasteiger partial charge in [-0.15, -0.1) is 0 Å². The first-order valence-electron chi connectivity index (χ1n) is 7.66. The highest BCUT2D eigenvalue weighted by atomic mass is 16.2. The van der Waals surface area contributed by atoms with Crippen LogP contribution in [-0.4, -0.2) is 23.4 Å². The van der Waals surface area contributed by atoms with E-state index in [2.05, 4.69) is 36.1 Å². The van der Waals surface area contributed by atoms with Crippen molar-refractivity contribution < 1.29 is 4.79 Å². The molecule has 0 spiro atoms. The zero-order chi connectivity index (χ0) is 13.2. The molecule has 2 atom stereocenters. The van der Waals surface area contributed by atoms with Gasteiger partial charge in [0, 0.05) is 12.6 Å². The van der Waals surface area contributed by atoms with Crippen molar-refractivity contribution in [3.8, 4) is 0 Å². The van der Waals surface area contributed by atoms with E-state index in [-0.39, 0.29) is 5.92 Å². The highest BCUT2D eigenvalue weighted by molar-refractivity contribution is 5.85. The molecule has 2 heteroatoms. The molecule has 19 heavy (non-hydrogen) atoms. The van der Waals surface area contributed by atoms with Gasteiger partial charge in [-0.05, 0) is 43.6 Å². The molecule has 1 heterocycles. The van der Waals surface area contributed by atoms with Gasteiger partial charge in [-0.2, -0.15) is 0 Å². The van der Waals surface area contributed by atoms with Gasteiger partial charge in [-0.1, -0.05) is 37.3 Å². The van der Waals surface area contributed by atoms with E-state index in [1.165, 1.54) is 31.2 Å². The van der Waals surface area contributed by atoms with Gasteiger partial charge in [0.1, 0.15) is 0 Å². The van der Waals surface area contributed by atoms with E-state index in [9.17, 15) is 4.79 Å². The number of rotatable bonds is 4. The van der Waals surface area contributed by atoms with Crippen LogP contribution in [0.1, 0.15) is 50.5 Å². The molecule has 2 fully saturated rings. The van der Waals surface area contributed by atoms with Gasteiger partial charge in [0.05, 0.1) is 5.92 Å². The summed E-state index contributed by atoms with van der Waals surface area (Å²) in [6.45, 7) is 3.16. The van der Waals surface area contributed by atoms with E-state index in [0.29, 0.717) is 17.9 Å². The molecule has 2 aliphatic rings. The Morgan fingerprint density at radius 3 is 2.63 bits per heavy atom. The average Bonchev–Trinajstić information content (AvgIpc) is 3.16. The summed E-state index contributed by atoms with van der Waals surface area (Å²) in [6.07, 6.45) is 5.90. The molecule has 0 N–H and O–H groups in total. The third kappa shape index (κ3) is 2.54. The third-order valence-corrected chi connectivity index (χ3v) is 4.65. The van der Waals surface area contributed by atoms with E-state index in [1.54, 1.807) is 0 Å². The molecule has 0 bridgehead atoms. The minimum absolute atomic E-state index is 0.119. The Balaban J connectivity index is 1.82. The van der Waals surface area contributed by atoms with Gasteiger partial charge in [-0.3, -0.25) is 4.79 Å². The summed E-state index contributed by atoms with van der Waals surface area (Å²) in [4.78, 5) is 15.1. The van der Waals surface area contributed by atoms with Gasteiger partial charge < -0.3 is 4.90 Å². The van der Waals surface area contributed by atoms with Crippen molar-refractivity contribution in [3.63, 3.8) is 0 Å². The number of benzene rings is 1. The lowest BCUT2D eigenvalue weighted by atomic mass is 9.92. The molecule has 0 radical (unpaired) electrons. The fourth-order valence-electron chi connectivity index (χ4n) is 3.44. The minimum atomic E-state index is 0.119. The van der Waals surface area contributed by atoms with Crippen molar-refractivity contribution in [3.05, 3.63) is 35.9 Å². The van der Waals surface area contributed by atoms with Crippen molar-refractivity contribution in [2.45, 2.75) is 51.0 Å². The molecular weight excluding hydrogens is 234 g/mol. The molecule has 2 unspecified atom stereocenters. The van der Waals surface area contributed by atoms with E-state index in [1.807, 2.05) is 6.07 Å².